The molecular weight excluding hydrogens is 280 g/mol. The second kappa shape index (κ2) is 14.0. The van der Waals surface area contributed by atoms with Crippen LogP contribution in [0.15, 0.2) is 85.4 Å². The van der Waals surface area contributed by atoms with E-state index in [0.29, 0.717) is 0 Å². The molecule has 0 aromatic heterocycles. The van der Waals surface area contributed by atoms with Crippen molar-refractivity contribution in [2.24, 2.45) is 0 Å². The summed E-state index contributed by atoms with van der Waals surface area (Å²) in [6, 6.07) is 0. The first-order valence-corrected chi connectivity index (χ1v) is 5.80. The van der Waals surface area contributed by atoms with Crippen molar-refractivity contribution in [2.75, 3.05) is 0 Å². The highest BCUT2D eigenvalue weighted by Crippen LogP contribution is 1.91. The monoisotopic (exact) mass is 294 g/mol. The van der Waals surface area contributed by atoms with Crippen molar-refractivity contribution in [3.05, 3.63) is 85.4 Å². The molecule has 1 rings (SSSR count). The van der Waals surface area contributed by atoms with Gasteiger partial charge in [-0.15, -0.1) is 0 Å². The molecule has 0 saturated heterocycles. The van der Waals surface area contributed by atoms with E-state index in [2.05, 4.69) is 35.0 Å². The highest BCUT2D eigenvalue weighted by Gasteiger charge is 1.90. The summed E-state index contributed by atoms with van der Waals surface area (Å²) >= 11 is 0. The van der Waals surface area contributed by atoms with E-state index >= 15 is 0 Å². The predicted octanol–water partition coefficient (Wildman–Crippen LogP) is 3.41. The molecule has 0 aromatic carbocycles. The van der Waals surface area contributed by atoms with E-state index in [0.717, 1.165) is 0 Å². The molecule has 0 saturated carbocycles. The first-order valence-electron chi connectivity index (χ1n) is 5.80. The van der Waals surface area contributed by atoms with Crippen molar-refractivity contribution in [2.45, 2.75) is 0 Å². The van der Waals surface area contributed by atoms with E-state index in [1.807, 2.05) is 36.5 Å². The molecule has 0 fully saturated rings. The lowest BCUT2D eigenvalue weighted by atomic mass is 10.3. The van der Waals surface area contributed by atoms with Gasteiger partial charge in [0.15, 0.2) is 0 Å². The second-order valence-electron chi connectivity index (χ2n) is 3.11. The number of allylic oxidation sites excluding steroid dienone is 12. The molecule has 0 bridgehead atoms. The van der Waals surface area contributed by atoms with Crippen LogP contribution in [0.5, 0.6) is 0 Å². The van der Waals surface area contributed by atoms with Crippen molar-refractivity contribution in [3.63, 3.8) is 0 Å². The Bertz CT molecular complexity index is 404. The van der Waals surface area contributed by atoms with Gasteiger partial charge in [-0.05, 0) is 12.2 Å². The third kappa shape index (κ3) is 12.4. The standard InChI is InChI=1S/C14H14O7/c1-2-4-6-8-10-12-14-16-18-20-21-19-17-15-13-11-9-7-5-3-1/h1-14H/b2-1-,5-3-,6-4-,9-7-,10-8+,13-11-,14-12-. The Kier molecular flexibility index (Phi) is 11.1. The topological polar surface area (TPSA) is 64.6 Å². The Morgan fingerprint density at radius 3 is 0.952 bits per heavy atom. The highest BCUT2D eigenvalue weighted by molar-refractivity contribution is 5.20. The van der Waals surface area contributed by atoms with E-state index in [4.69, 9.17) is 0 Å². The molecule has 0 N–H and O–H groups in total. The Morgan fingerprint density at radius 2 is 0.571 bits per heavy atom. The van der Waals surface area contributed by atoms with Crippen molar-refractivity contribution in [1.82, 2.24) is 0 Å². The average Bonchev–Trinajstić information content (AvgIpc) is 2.50. The molecule has 0 unspecified atom stereocenters. The van der Waals surface area contributed by atoms with Crippen LogP contribution in [0.1, 0.15) is 0 Å². The van der Waals surface area contributed by atoms with Crippen molar-refractivity contribution in [3.8, 4) is 0 Å². The van der Waals surface area contributed by atoms with Gasteiger partial charge in [-0.25, -0.2) is 0 Å². The smallest absolute Gasteiger partial charge is 0.132 e. The van der Waals surface area contributed by atoms with Gasteiger partial charge in [-0.3, -0.25) is 0 Å². The summed E-state index contributed by atoms with van der Waals surface area (Å²) in [4.78, 5) is 8.81. The lowest BCUT2D eigenvalue weighted by Crippen LogP contribution is -1.97. The van der Waals surface area contributed by atoms with Crippen LogP contribution in [0.2, 0.25) is 0 Å². The zero-order valence-corrected chi connectivity index (χ0v) is 10.9. The van der Waals surface area contributed by atoms with Crippen LogP contribution in [0.4, 0.5) is 0 Å². The zero-order chi connectivity index (χ0) is 14.8. The minimum absolute atomic E-state index is 1.21. The fraction of sp³-hybridized carbons (Fsp3) is 0. The molecule has 0 aromatic rings. The molecule has 112 valence electrons. The summed E-state index contributed by atoms with van der Waals surface area (Å²) in [5, 5.41) is 19.9. The van der Waals surface area contributed by atoms with Crippen LogP contribution in [-0.4, -0.2) is 0 Å². The molecule has 7 nitrogen and oxygen atoms in total. The molecule has 21 heavy (non-hydrogen) atoms. The number of hydrogen-bond donors (Lipinski definition) is 0. The van der Waals surface area contributed by atoms with Gasteiger partial charge in [-0.2, -0.15) is 0 Å². The maximum absolute atomic E-state index is 4.41. The molecule has 7 heteroatoms. The molecule has 0 spiro atoms. The Hall–Kier alpha value is -2.42. The van der Waals surface area contributed by atoms with Crippen LogP contribution < -0.4 is 0 Å². The Labute approximate surface area is 121 Å². The van der Waals surface area contributed by atoms with Crippen molar-refractivity contribution >= 4 is 0 Å². The van der Waals surface area contributed by atoms with Gasteiger partial charge in [0, 0.05) is 25.2 Å². The van der Waals surface area contributed by atoms with Gasteiger partial charge >= 0.3 is 0 Å². The minimum Gasteiger partial charge on any atom is -0.314 e. The van der Waals surface area contributed by atoms with E-state index in [1.54, 1.807) is 36.5 Å². The quantitative estimate of drug-likeness (QED) is 0.634. The molecule has 0 atom stereocenters. The maximum atomic E-state index is 4.41. The second-order valence-corrected chi connectivity index (χ2v) is 3.11. The minimum atomic E-state index is 1.21. The summed E-state index contributed by atoms with van der Waals surface area (Å²) in [7, 11) is 0. The molecule has 0 radical (unpaired) electrons. The van der Waals surface area contributed by atoms with Gasteiger partial charge < -0.3 is 9.78 Å². The van der Waals surface area contributed by atoms with Gasteiger partial charge in [0.2, 0.25) is 0 Å². The van der Waals surface area contributed by atoms with Crippen LogP contribution in [0.25, 0.3) is 0 Å². The van der Waals surface area contributed by atoms with Crippen LogP contribution in [0, 0.1) is 0 Å². The largest absolute Gasteiger partial charge is 0.314 e. The van der Waals surface area contributed by atoms with E-state index in [1.165, 1.54) is 12.5 Å². The Balaban J connectivity index is 2.42. The predicted molar refractivity (Wildman–Crippen MR) is 71.6 cm³/mol. The van der Waals surface area contributed by atoms with E-state index in [9.17, 15) is 0 Å². The SMILES string of the molecule is C1=C\C=C/C=C\OOOOOOO\C=C/C=C/C=C\C=C/1. The highest BCUT2D eigenvalue weighted by atomic mass is 17.9. The van der Waals surface area contributed by atoms with Crippen molar-refractivity contribution < 1.29 is 35.0 Å². The fourth-order valence-corrected chi connectivity index (χ4v) is 0.908. The van der Waals surface area contributed by atoms with Gasteiger partial charge in [-0.1, -0.05) is 60.8 Å². The lowest BCUT2D eigenvalue weighted by molar-refractivity contribution is -0.782. The molecule has 1 aliphatic rings. The summed E-state index contributed by atoms with van der Waals surface area (Å²) in [6.45, 7) is 0. The van der Waals surface area contributed by atoms with Gasteiger partial charge in [0.25, 0.3) is 0 Å². The van der Waals surface area contributed by atoms with Gasteiger partial charge in [0.05, 0.1) is 0 Å². The fourth-order valence-electron chi connectivity index (χ4n) is 0.908. The summed E-state index contributed by atoms with van der Waals surface area (Å²) in [5.74, 6) is 0. The molecule has 0 amide bonds. The van der Waals surface area contributed by atoms with Crippen LogP contribution in [0.3, 0.4) is 0 Å². The molecular formula is C14H14O7. The molecule has 1 aliphatic heterocycles. The summed E-state index contributed by atoms with van der Waals surface area (Å²) < 4.78 is 0. The molecule has 0 aliphatic carbocycles. The van der Waals surface area contributed by atoms with Crippen molar-refractivity contribution in [1.29, 1.82) is 0 Å². The maximum Gasteiger partial charge on any atom is 0.132 e. The van der Waals surface area contributed by atoms with Crippen LogP contribution >= 0.6 is 0 Å². The van der Waals surface area contributed by atoms with Gasteiger partial charge in [0.1, 0.15) is 12.5 Å². The molecule has 1 heterocycles. The number of hydrogen-bond acceptors (Lipinski definition) is 7. The zero-order valence-electron chi connectivity index (χ0n) is 10.9. The third-order valence-corrected chi connectivity index (χ3v) is 1.68. The van der Waals surface area contributed by atoms with Crippen LogP contribution in [-0.2, 0) is 35.0 Å². The number of rotatable bonds is 0. The normalized spacial score (nSPS) is 28.6. The first kappa shape index (κ1) is 16.6. The summed E-state index contributed by atoms with van der Waals surface area (Å²) in [6.07, 6.45) is 23.8. The first-order chi connectivity index (χ1) is 10.5. The van der Waals surface area contributed by atoms with E-state index < -0.39 is 0 Å². The summed E-state index contributed by atoms with van der Waals surface area (Å²) in [5.41, 5.74) is 0. The average molecular weight is 294 g/mol. The lowest BCUT2D eigenvalue weighted by Gasteiger charge is -1.96. The Morgan fingerprint density at radius 1 is 0.286 bits per heavy atom. The van der Waals surface area contributed by atoms with E-state index in [-0.39, 0.29) is 0 Å². The third-order valence-electron chi connectivity index (χ3n) is 1.68.